The molecule has 1 aromatic rings. The highest BCUT2D eigenvalue weighted by atomic mass is 35.5. The van der Waals surface area contributed by atoms with E-state index in [-0.39, 0.29) is 29.5 Å². The smallest absolute Gasteiger partial charge is 0.292 e. The Labute approximate surface area is 125 Å². The molecule has 0 spiro atoms. The maximum Gasteiger partial charge on any atom is 0.292 e. The molecule has 1 amide bonds. The van der Waals surface area contributed by atoms with Crippen LogP contribution in [0.4, 0.5) is 11.4 Å². The fourth-order valence-electron chi connectivity index (χ4n) is 1.88. The van der Waals surface area contributed by atoms with E-state index in [1.807, 2.05) is 0 Å². The van der Waals surface area contributed by atoms with E-state index < -0.39 is 26.8 Å². The van der Waals surface area contributed by atoms with Crippen molar-refractivity contribution in [2.45, 2.75) is 0 Å². The molecule has 2 rings (SSSR count). The topological polar surface area (TPSA) is 110 Å². The Morgan fingerprint density at radius 3 is 2.62 bits per heavy atom. The summed E-state index contributed by atoms with van der Waals surface area (Å²) in [6.45, 7) is 0.137. The van der Waals surface area contributed by atoms with Crippen molar-refractivity contribution in [2.24, 2.45) is 5.92 Å². The van der Waals surface area contributed by atoms with Crippen molar-refractivity contribution in [1.82, 2.24) is 4.31 Å². The van der Waals surface area contributed by atoms with Crippen LogP contribution in [0.3, 0.4) is 0 Å². The van der Waals surface area contributed by atoms with Gasteiger partial charge in [-0.2, -0.15) is 0 Å². The van der Waals surface area contributed by atoms with Gasteiger partial charge in [0.15, 0.2) is 0 Å². The predicted octanol–water partition coefficient (Wildman–Crippen LogP) is 1.08. The number of hydrogen-bond donors (Lipinski definition) is 1. The zero-order valence-corrected chi connectivity index (χ0v) is 12.5. The molecular weight excluding hydrogens is 322 g/mol. The lowest BCUT2D eigenvalue weighted by Crippen LogP contribution is -2.53. The van der Waals surface area contributed by atoms with Crippen molar-refractivity contribution in [2.75, 3.05) is 24.7 Å². The fraction of sp³-hybridized carbons (Fsp3) is 0.364. The molecule has 1 aromatic carbocycles. The van der Waals surface area contributed by atoms with E-state index in [1.54, 1.807) is 0 Å². The standard InChI is InChI=1S/C11H12ClN3O5S/c1-21(19,20)14-5-7(6-14)11(16)13-9-4-8(12)2-3-10(9)15(17)18/h2-4,7H,5-6H2,1H3,(H,13,16). The maximum absolute atomic E-state index is 12.0. The molecule has 1 aliphatic heterocycles. The van der Waals surface area contributed by atoms with E-state index in [4.69, 9.17) is 11.6 Å². The molecule has 0 aromatic heterocycles. The van der Waals surface area contributed by atoms with Crippen LogP contribution in [0, 0.1) is 16.0 Å². The fourth-order valence-corrected chi connectivity index (χ4v) is 2.95. The second kappa shape index (κ2) is 5.58. The third kappa shape index (κ3) is 3.49. The van der Waals surface area contributed by atoms with Crippen LogP contribution in [0.15, 0.2) is 18.2 Å². The molecule has 0 bridgehead atoms. The summed E-state index contributed by atoms with van der Waals surface area (Å²) in [6, 6.07) is 3.83. The first-order chi connectivity index (χ1) is 9.68. The Morgan fingerprint density at radius 2 is 2.10 bits per heavy atom. The second-order valence-electron chi connectivity index (χ2n) is 4.68. The summed E-state index contributed by atoms with van der Waals surface area (Å²) in [5, 5.41) is 13.5. The lowest BCUT2D eigenvalue weighted by atomic mass is 10.0. The van der Waals surface area contributed by atoms with Gasteiger partial charge in [-0.3, -0.25) is 14.9 Å². The highest BCUT2D eigenvalue weighted by molar-refractivity contribution is 7.88. The summed E-state index contributed by atoms with van der Waals surface area (Å²) in [4.78, 5) is 22.2. The van der Waals surface area contributed by atoms with Crippen LogP contribution in [-0.2, 0) is 14.8 Å². The van der Waals surface area contributed by atoms with E-state index in [0.717, 1.165) is 10.6 Å². The van der Waals surface area contributed by atoms with Gasteiger partial charge in [0.25, 0.3) is 5.69 Å². The van der Waals surface area contributed by atoms with Crippen molar-refractivity contribution in [3.8, 4) is 0 Å². The van der Waals surface area contributed by atoms with Gasteiger partial charge in [0.05, 0.1) is 17.1 Å². The minimum absolute atomic E-state index is 0.00435. The van der Waals surface area contributed by atoms with Gasteiger partial charge < -0.3 is 5.32 Å². The molecule has 0 unspecified atom stereocenters. The first-order valence-electron chi connectivity index (χ1n) is 5.88. The van der Waals surface area contributed by atoms with E-state index >= 15 is 0 Å². The molecule has 21 heavy (non-hydrogen) atoms. The van der Waals surface area contributed by atoms with Crippen LogP contribution in [0.2, 0.25) is 5.02 Å². The number of benzene rings is 1. The predicted molar refractivity (Wildman–Crippen MR) is 76.6 cm³/mol. The number of nitrogens with zero attached hydrogens (tertiary/aromatic N) is 2. The number of rotatable bonds is 4. The highest BCUT2D eigenvalue weighted by Crippen LogP contribution is 2.29. The Kier molecular flexibility index (Phi) is 4.17. The lowest BCUT2D eigenvalue weighted by molar-refractivity contribution is -0.383. The molecule has 0 atom stereocenters. The molecule has 0 aliphatic carbocycles. The molecule has 1 fully saturated rings. The van der Waals surface area contributed by atoms with Gasteiger partial charge in [-0.05, 0) is 12.1 Å². The van der Waals surface area contributed by atoms with Crippen LogP contribution in [0.25, 0.3) is 0 Å². The largest absolute Gasteiger partial charge is 0.320 e. The lowest BCUT2D eigenvalue weighted by Gasteiger charge is -2.35. The minimum Gasteiger partial charge on any atom is -0.320 e. The third-order valence-corrected chi connectivity index (χ3v) is 4.57. The SMILES string of the molecule is CS(=O)(=O)N1CC(C(=O)Nc2cc(Cl)ccc2[N+](=O)[O-])C1. The molecule has 114 valence electrons. The van der Waals surface area contributed by atoms with Crippen LogP contribution < -0.4 is 5.32 Å². The van der Waals surface area contributed by atoms with Crippen molar-refractivity contribution in [3.63, 3.8) is 0 Å². The Balaban J connectivity index is 2.08. The second-order valence-corrected chi connectivity index (χ2v) is 7.10. The molecular formula is C11H12ClN3O5S. The van der Waals surface area contributed by atoms with Gasteiger partial charge >= 0.3 is 0 Å². The van der Waals surface area contributed by atoms with Crippen LogP contribution in [-0.4, -0.2) is 42.9 Å². The van der Waals surface area contributed by atoms with Crippen LogP contribution in [0.1, 0.15) is 0 Å². The summed E-state index contributed by atoms with van der Waals surface area (Å²) in [5.41, 5.74) is -0.276. The number of hydrogen-bond acceptors (Lipinski definition) is 5. The van der Waals surface area contributed by atoms with Crippen molar-refractivity contribution < 1.29 is 18.1 Å². The quantitative estimate of drug-likeness (QED) is 0.655. The summed E-state index contributed by atoms with van der Waals surface area (Å²) >= 11 is 5.75. The number of nitro benzene ring substituents is 1. The average molecular weight is 334 g/mol. The number of carbonyl (C=O) groups excluding carboxylic acids is 1. The van der Waals surface area contributed by atoms with E-state index in [9.17, 15) is 23.3 Å². The maximum atomic E-state index is 12.0. The summed E-state index contributed by atoms with van der Waals surface area (Å²) < 4.78 is 23.6. The molecule has 1 heterocycles. The molecule has 10 heteroatoms. The molecule has 8 nitrogen and oxygen atoms in total. The zero-order valence-electron chi connectivity index (χ0n) is 10.9. The Bertz CT molecular complexity index is 700. The monoisotopic (exact) mass is 333 g/mol. The van der Waals surface area contributed by atoms with Crippen molar-refractivity contribution >= 4 is 38.9 Å². The van der Waals surface area contributed by atoms with E-state index in [0.29, 0.717) is 0 Å². The molecule has 1 N–H and O–H groups in total. The molecule has 0 radical (unpaired) electrons. The summed E-state index contributed by atoms with van der Waals surface area (Å²) in [7, 11) is -3.31. The van der Waals surface area contributed by atoms with Gasteiger partial charge in [-0.25, -0.2) is 12.7 Å². The number of anilines is 1. The average Bonchev–Trinajstić information content (AvgIpc) is 2.23. The number of sulfonamides is 1. The summed E-state index contributed by atoms with van der Waals surface area (Å²) in [5.74, 6) is -1.00. The third-order valence-electron chi connectivity index (χ3n) is 3.10. The number of amides is 1. The van der Waals surface area contributed by atoms with Crippen molar-refractivity contribution in [3.05, 3.63) is 33.3 Å². The summed E-state index contributed by atoms with van der Waals surface area (Å²) in [6.07, 6.45) is 1.06. The minimum atomic E-state index is -3.31. The molecule has 1 aliphatic rings. The van der Waals surface area contributed by atoms with Gasteiger partial charge in [0, 0.05) is 24.2 Å². The number of nitrogens with one attached hydrogen (secondary N) is 1. The Hall–Kier alpha value is -1.71. The number of halogens is 1. The number of nitro groups is 1. The molecule has 0 saturated carbocycles. The van der Waals surface area contributed by atoms with E-state index in [2.05, 4.69) is 5.32 Å². The first-order valence-corrected chi connectivity index (χ1v) is 8.11. The van der Waals surface area contributed by atoms with Gasteiger partial charge in [0.1, 0.15) is 5.69 Å². The molecule has 1 saturated heterocycles. The van der Waals surface area contributed by atoms with Crippen molar-refractivity contribution in [1.29, 1.82) is 0 Å². The van der Waals surface area contributed by atoms with Gasteiger partial charge in [-0.15, -0.1) is 0 Å². The van der Waals surface area contributed by atoms with Gasteiger partial charge in [-0.1, -0.05) is 11.6 Å². The normalized spacial score (nSPS) is 16.3. The van der Waals surface area contributed by atoms with Gasteiger partial charge in [0.2, 0.25) is 15.9 Å². The first kappa shape index (κ1) is 15.7. The zero-order chi connectivity index (χ0) is 15.8. The van der Waals surface area contributed by atoms with E-state index in [1.165, 1.54) is 18.2 Å². The van der Waals surface area contributed by atoms with Crippen LogP contribution >= 0.6 is 11.6 Å². The Morgan fingerprint density at radius 1 is 1.48 bits per heavy atom. The number of carbonyl (C=O) groups is 1. The van der Waals surface area contributed by atoms with Crippen LogP contribution in [0.5, 0.6) is 0 Å². The highest BCUT2D eigenvalue weighted by Gasteiger charge is 2.38.